The number of aryl methyl sites for hydroxylation is 1. The minimum atomic E-state index is 0.433. The Morgan fingerprint density at radius 1 is 1.26 bits per heavy atom. The molecule has 1 aromatic carbocycles. The molecule has 0 aliphatic heterocycles. The number of hydrazine groups is 1. The van der Waals surface area contributed by atoms with E-state index in [1.807, 2.05) is 43.3 Å². The second-order valence-corrected chi connectivity index (χ2v) is 3.90. The molecule has 1 aromatic heterocycles. The zero-order chi connectivity index (χ0) is 13.5. The molecular formula is C13H16N6. The number of aromatic nitrogens is 2. The summed E-state index contributed by atoms with van der Waals surface area (Å²) >= 11 is 0. The van der Waals surface area contributed by atoms with Crippen LogP contribution in [0, 0.1) is 6.92 Å². The van der Waals surface area contributed by atoms with Gasteiger partial charge in [-0.2, -0.15) is 0 Å². The quantitative estimate of drug-likeness (QED) is 0.332. The molecule has 0 aliphatic carbocycles. The van der Waals surface area contributed by atoms with E-state index in [2.05, 4.69) is 25.7 Å². The van der Waals surface area contributed by atoms with Gasteiger partial charge in [-0.25, -0.2) is 20.8 Å². The Bertz CT molecular complexity index is 552. The molecule has 4 N–H and O–H groups in total. The molecule has 1 heterocycles. The molecule has 0 amide bonds. The maximum atomic E-state index is 5.44. The van der Waals surface area contributed by atoms with Gasteiger partial charge in [0.25, 0.3) is 0 Å². The maximum absolute atomic E-state index is 5.44. The molecule has 0 saturated carbocycles. The molecule has 6 heteroatoms. The van der Waals surface area contributed by atoms with Gasteiger partial charge in [-0.3, -0.25) is 5.43 Å². The van der Waals surface area contributed by atoms with Crippen LogP contribution in [-0.2, 0) is 6.54 Å². The Balaban J connectivity index is 2.03. The van der Waals surface area contributed by atoms with Crippen molar-refractivity contribution in [2.75, 3.05) is 5.32 Å². The lowest BCUT2D eigenvalue weighted by atomic mass is 10.3. The lowest BCUT2D eigenvalue weighted by Gasteiger charge is -2.08. The molecule has 2 aromatic rings. The summed E-state index contributed by atoms with van der Waals surface area (Å²) < 4.78 is 0. The summed E-state index contributed by atoms with van der Waals surface area (Å²) in [5.74, 6) is 6.65. The largest absolute Gasteiger partial charge is 0.325 e. The molecule has 0 atom stereocenters. The fraction of sp³-hybridized carbons (Fsp3) is 0.154. The van der Waals surface area contributed by atoms with E-state index in [1.54, 1.807) is 6.20 Å². The molecule has 98 valence electrons. The van der Waals surface area contributed by atoms with Crippen LogP contribution in [0.5, 0.6) is 0 Å². The normalized spacial score (nSPS) is 11.2. The molecule has 0 unspecified atom stereocenters. The predicted octanol–water partition coefficient (Wildman–Crippen LogP) is 1.22. The smallest absolute Gasteiger partial charge is 0.210 e. The third-order valence-electron chi connectivity index (χ3n) is 2.41. The summed E-state index contributed by atoms with van der Waals surface area (Å²) in [5.41, 5.74) is 4.29. The Kier molecular flexibility index (Phi) is 4.41. The van der Waals surface area contributed by atoms with Crippen LogP contribution in [-0.4, -0.2) is 15.9 Å². The third kappa shape index (κ3) is 4.04. The van der Waals surface area contributed by atoms with Gasteiger partial charge in [0.05, 0.1) is 12.2 Å². The summed E-state index contributed by atoms with van der Waals surface area (Å²) in [6.07, 6.45) is 1.72. The first-order chi connectivity index (χ1) is 9.28. The fourth-order valence-electron chi connectivity index (χ4n) is 1.53. The number of rotatable bonds is 3. The number of anilines is 1. The zero-order valence-corrected chi connectivity index (χ0v) is 10.7. The highest BCUT2D eigenvalue weighted by Gasteiger charge is 1.99. The van der Waals surface area contributed by atoms with Crippen LogP contribution in [0.4, 0.5) is 5.69 Å². The number of para-hydroxylation sites is 1. The summed E-state index contributed by atoms with van der Waals surface area (Å²) in [6, 6.07) is 11.5. The first-order valence-corrected chi connectivity index (χ1v) is 5.89. The van der Waals surface area contributed by atoms with Gasteiger partial charge in [0.2, 0.25) is 5.96 Å². The minimum absolute atomic E-state index is 0.433. The average Bonchev–Trinajstić information content (AvgIpc) is 2.44. The highest BCUT2D eigenvalue weighted by atomic mass is 15.3. The highest BCUT2D eigenvalue weighted by Crippen LogP contribution is 2.04. The molecule has 0 spiro atoms. The number of nitrogens with one attached hydrogen (secondary N) is 2. The first kappa shape index (κ1) is 13.0. The van der Waals surface area contributed by atoms with Crippen molar-refractivity contribution < 1.29 is 0 Å². The van der Waals surface area contributed by atoms with Crippen molar-refractivity contribution >= 4 is 11.6 Å². The summed E-state index contributed by atoms with van der Waals surface area (Å²) in [4.78, 5) is 12.6. The molecular weight excluding hydrogens is 240 g/mol. The van der Waals surface area contributed by atoms with E-state index >= 15 is 0 Å². The van der Waals surface area contributed by atoms with Crippen molar-refractivity contribution in [3.05, 3.63) is 54.1 Å². The molecule has 0 aliphatic rings. The van der Waals surface area contributed by atoms with Crippen molar-refractivity contribution in [2.24, 2.45) is 10.8 Å². The zero-order valence-electron chi connectivity index (χ0n) is 10.7. The minimum Gasteiger partial charge on any atom is -0.325 e. The number of hydrogen-bond acceptors (Lipinski definition) is 4. The second-order valence-electron chi connectivity index (χ2n) is 3.90. The molecule has 6 nitrogen and oxygen atoms in total. The van der Waals surface area contributed by atoms with Crippen molar-refractivity contribution in [3.63, 3.8) is 0 Å². The topological polar surface area (TPSA) is 88.2 Å². The van der Waals surface area contributed by atoms with Crippen molar-refractivity contribution in [1.82, 2.24) is 15.4 Å². The van der Waals surface area contributed by atoms with Crippen molar-refractivity contribution in [2.45, 2.75) is 13.5 Å². The van der Waals surface area contributed by atoms with Gasteiger partial charge in [0.1, 0.15) is 5.82 Å². The van der Waals surface area contributed by atoms with E-state index in [-0.39, 0.29) is 0 Å². The summed E-state index contributed by atoms with van der Waals surface area (Å²) in [5, 5.41) is 3.08. The van der Waals surface area contributed by atoms with E-state index in [4.69, 9.17) is 5.84 Å². The van der Waals surface area contributed by atoms with Gasteiger partial charge in [-0.1, -0.05) is 18.2 Å². The van der Waals surface area contributed by atoms with Gasteiger partial charge in [0, 0.05) is 11.9 Å². The van der Waals surface area contributed by atoms with Gasteiger partial charge in [0.15, 0.2) is 0 Å². The number of benzene rings is 1. The number of nitrogens with zero attached hydrogens (tertiary/aromatic N) is 3. The van der Waals surface area contributed by atoms with Crippen LogP contribution in [0.2, 0.25) is 0 Å². The Morgan fingerprint density at radius 3 is 2.74 bits per heavy atom. The maximum Gasteiger partial charge on any atom is 0.210 e. The lowest BCUT2D eigenvalue weighted by Crippen LogP contribution is -2.36. The van der Waals surface area contributed by atoms with Gasteiger partial charge in [-0.05, 0) is 25.1 Å². The standard InChI is InChI=1S/C13H16N6/c1-10-15-8-7-12(17-10)9-16-13(19-14)18-11-5-3-2-4-6-11/h2-8H,9,14H2,1H3,(H2,16,18,19). The molecule has 0 bridgehead atoms. The van der Waals surface area contributed by atoms with E-state index in [1.165, 1.54) is 0 Å². The third-order valence-corrected chi connectivity index (χ3v) is 2.41. The van der Waals surface area contributed by atoms with Gasteiger partial charge < -0.3 is 5.32 Å². The van der Waals surface area contributed by atoms with Gasteiger partial charge in [-0.15, -0.1) is 0 Å². The molecule has 19 heavy (non-hydrogen) atoms. The van der Waals surface area contributed by atoms with Crippen LogP contribution in [0.25, 0.3) is 0 Å². The number of aliphatic imine (C=N–C) groups is 1. The summed E-state index contributed by atoms with van der Waals surface area (Å²) in [7, 11) is 0. The fourth-order valence-corrected chi connectivity index (χ4v) is 1.53. The average molecular weight is 256 g/mol. The molecule has 2 rings (SSSR count). The second kappa shape index (κ2) is 6.46. The van der Waals surface area contributed by atoms with Crippen LogP contribution in [0.3, 0.4) is 0 Å². The Labute approximate surface area is 111 Å². The van der Waals surface area contributed by atoms with E-state index in [9.17, 15) is 0 Å². The van der Waals surface area contributed by atoms with Crippen molar-refractivity contribution in [3.8, 4) is 0 Å². The Morgan fingerprint density at radius 2 is 2.05 bits per heavy atom. The highest BCUT2D eigenvalue weighted by molar-refractivity contribution is 5.93. The van der Waals surface area contributed by atoms with Crippen LogP contribution in [0.15, 0.2) is 47.6 Å². The monoisotopic (exact) mass is 256 g/mol. The first-order valence-electron chi connectivity index (χ1n) is 5.89. The summed E-state index contributed by atoms with van der Waals surface area (Å²) in [6.45, 7) is 2.28. The van der Waals surface area contributed by atoms with Crippen LogP contribution < -0.4 is 16.6 Å². The number of guanidine groups is 1. The lowest BCUT2D eigenvalue weighted by molar-refractivity contribution is 0.906. The molecule has 0 radical (unpaired) electrons. The van der Waals surface area contributed by atoms with E-state index < -0.39 is 0 Å². The molecule has 0 saturated heterocycles. The van der Waals surface area contributed by atoms with E-state index in [0.29, 0.717) is 12.5 Å². The molecule has 0 fully saturated rings. The number of hydrogen-bond donors (Lipinski definition) is 3. The Hall–Kier alpha value is -2.47. The predicted molar refractivity (Wildman–Crippen MR) is 75.3 cm³/mol. The van der Waals surface area contributed by atoms with Crippen LogP contribution >= 0.6 is 0 Å². The van der Waals surface area contributed by atoms with Gasteiger partial charge >= 0.3 is 0 Å². The van der Waals surface area contributed by atoms with E-state index in [0.717, 1.165) is 17.2 Å². The number of nitrogens with two attached hydrogens (primary N) is 1. The van der Waals surface area contributed by atoms with Crippen LogP contribution in [0.1, 0.15) is 11.5 Å². The SMILES string of the molecule is Cc1nccc(CN=C(NN)Nc2ccccc2)n1. The van der Waals surface area contributed by atoms with Crippen molar-refractivity contribution in [1.29, 1.82) is 0 Å².